The zero-order valence-corrected chi connectivity index (χ0v) is 24.4. The lowest BCUT2D eigenvalue weighted by Gasteiger charge is -2.33. The number of carbonyl (C=O) groups excluding carboxylic acids is 3. The van der Waals surface area contributed by atoms with E-state index in [1.807, 2.05) is 30.3 Å². The van der Waals surface area contributed by atoms with Gasteiger partial charge in [0.25, 0.3) is 0 Å². The predicted octanol–water partition coefficient (Wildman–Crippen LogP) is 6.58. The molecule has 0 saturated carbocycles. The van der Waals surface area contributed by atoms with E-state index in [0.717, 1.165) is 63.4 Å². The van der Waals surface area contributed by atoms with Gasteiger partial charge in [0.2, 0.25) is 5.91 Å². The molecule has 0 heterocycles. The van der Waals surface area contributed by atoms with Gasteiger partial charge in [-0.15, -0.1) is 0 Å². The van der Waals surface area contributed by atoms with Gasteiger partial charge in [-0.05, 0) is 39.2 Å². The molecule has 1 atom stereocenters. The smallest absolute Gasteiger partial charge is 0.411 e. The molecule has 0 saturated heterocycles. The van der Waals surface area contributed by atoms with Crippen LogP contribution in [0.1, 0.15) is 104 Å². The Morgan fingerprint density at radius 3 is 2.08 bits per heavy atom. The number of alkyl carbamates (subject to hydrolysis) is 1. The van der Waals surface area contributed by atoms with Crippen molar-refractivity contribution in [2.75, 3.05) is 19.6 Å². The number of benzene rings is 1. The van der Waals surface area contributed by atoms with Crippen LogP contribution in [0.15, 0.2) is 30.3 Å². The predicted molar refractivity (Wildman–Crippen MR) is 152 cm³/mol. The number of amides is 3. The van der Waals surface area contributed by atoms with E-state index < -0.39 is 23.8 Å². The number of carbonyl (C=O) groups is 3. The molecule has 0 spiro atoms. The Morgan fingerprint density at radius 1 is 0.842 bits per heavy atom. The van der Waals surface area contributed by atoms with Crippen LogP contribution in [0, 0.1) is 0 Å². The molecule has 0 unspecified atom stereocenters. The monoisotopic (exact) mass is 533 g/mol. The van der Waals surface area contributed by atoms with Gasteiger partial charge in [0.05, 0.1) is 6.54 Å². The molecular formula is C30H51N3O5. The van der Waals surface area contributed by atoms with E-state index in [1.54, 1.807) is 20.8 Å². The fourth-order valence-corrected chi connectivity index (χ4v) is 3.94. The molecule has 8 nitrogen and oxygen atoms in total. The van der Waals surface area contributed by atoms with Gasteiger partial charge in [0.1, 0.15) is 18.2 Å². The van der Waals surface area contributed by atoms with Gasteiger partial charge in [-0.1, -0.05) is 95.5 Å². The summed E-state index contributed by atoms with van der Waals surface area (Å²) >= 11 is 0. The van der Waals surface area contributed by atoms with Crippen LogP contribution in [0.4, 0.5) is 9.59 Å². The lowest BCUT2D eigenvalue weighted by molar-refractivity contribution is -0.126. The summed E-state index contributed by atoms with van der Waals surface area (Å²) in [5.41, 5.74) is 0.155. The first-order valence-corrected chi connectivity index (χ1v) is 14.4. The molecule has 0 radical (unpaired) electrons. The van der Waals surface area contributed by atoms with Crippen LogP contribution in [0.25, 0.3) is 0 Å². The van der Waals surface area contributed by atoms with Crippen LogP contribution < -0.4 is 10.6 Å². The second-order valence-electron chi connectivity index (χ2n) is 10.8. The van der Waals surface area contributed by atoms with Gasteiger partial charge in [0, 0.05) is 13.1 Å². The Hall–Kier alpha value is -2.77. The summed E-state index contributed by atoms with van der Waals surface area (Å²) in [6.45, 7) is 10.7. The van der Waals surface area contributed by atoms with Crippen LogP contribution in [-0.4, -0.2) is 54.3 Å². The number of hydrogen-bond acceptors (Lipinski definition) is 5. The molecule has 216 valence electrons. The maximum Gasteiger partial charge on any atom is 0.411 e. The fraction of sp³-hybridized carbons (Fsp3) is 0.700. The van der Waals surface area contributed by atoms with Gasteiger partial charge >= 0.3 is 12.2 Å². The van der Waals surface area contributed by atoms with E-state index in [0.29, 0.717) is 13.1 Å². The molecule has 1 aromatic rings. The van der Waals surface area contributed by atoms with Crippen LogP contribution in [0.2, 0.25) is 0 Å². The molecule has 2 N–H and O–H groups in total. The van der Waals surface area contributed by atoms with Crippen molar-refractivity contribution in [2.45, 2.75) is 117 Å². The second kappa shape index (κ2) is 19.3. The minimum Gasteiger partial charge on any atom is -0.445 e. The average Bonchev–Trinajstić information content (AvgIpc) is 2.87. The van der Waals surface area contributed by atoms with Crippen molar-refractivity contribution >= 4 is 18.1 Å². The molecule has 1 aromatic carbocycles. The maximum absolute atomic E-state index is 13.3. The first-order valence-electron chi connectivity index (χ1n) is 14.4. The van der Waals surface area contributed by atoms with Gasteiger partial charge in [-0.3, -0.25) is 9.69 Å². The zero-order valence-electron chi connectivity index (χ0n) is 24.4. The number of nitrogens with one attached hydrogen (secondary N) is 2. The zero-order chi connectivity index (χ0) is 28.2. The van der Waals surface area contributed by atoms with Crippen molar-refractivity contribution in [3.63, 3.8) is 0 Å². The lowest BCUT2D eigenvalue weighted by Crippen LogP contribution is -2.56. The highest BCUT2D eigenvalue weighted by Crippen LogP contribution is 2.15. The number of nitrogens with zero attached hydrogens (tertiary/aromatic N) is 1. The minimum atomic E-state index is -0.907. The Balaban J connectivity index is 2.91. The van der Waals surface area contributed by atoms with E-state index >= 15 is 0 Å². The minimum absolute atomic E-state index is 0.0660. The van der Waals surface area contributed by atoms with Crippen molar-refractivity contribution in [1.82, 2.24) is 15.5 Å². The van der Waals surface area contributed by atoms with Gasteiger partial charge in [0.15, 0.2) is 0 Å². The van der Waals surface area contributed by atoms with Crippen LogP contribution in [0.3, 0.4) is 0 Å². The molecule has 0 aliphatic rings. The number of rotatable bonds is 18. The highest BCUT2D eigenvalue weighted by Gasteiger charge is 2.33. The van der Waals surface area contributed by atoms with Crippen LogP contribution >= 0.6 is 0 Å². The fourth-order valence-electron chi connectivity index (χ4n) is 3.94. The second-order valence-corrected chi connectivity index (χ2v) is 10.8. The lowest BCUT2D eigenvalue weighted by atomic mass is 10.1. The summed E-state index contributed by atoms with van der Waals surface area (Å²) in [5.74, 6) is -0.304. The van der Waals surface area contributed by atoms with Crippen molar-refractivity contribution < 1.29 is 23.9 Å². The van der Waals surface area contributed by atoms with Crippen molar-refractivity contribution in [1.29, 1.82) is 0 Å². The summed E-state index contributed by atoms with van der Waals surface area (Å²) < 4.78 is 11.0. The summed E-state index contributed by atoms with van der Waals surface area (Å²) in [4.78, 5) is 40.4. The third-order valence-electron chi connectivity index (χ3n) is 6.04. The summed E-state index contributed by atoms with van der Waals surface area (Å²) in [5, 5.41) is 5.65. The first kappa shape index (κ1) is 33.3. The summed E-state index contributed by atoms with van der Waals surface area (Å²) in [7, 11) is 0. The van der Waals surface area contributed by atoms with Crippen molar-refractivity contribution in [3.8, 4) is 0 Å². The molecule has 0 aliphatic heterocycles. The van der Waals surface area contributed by atoms with Gasteiger partial charge in [-0.2, -0.15) is 0 Å². The van der Waals surface area contributed by atoms with Gasteiger partial charge in [-0.25, -0.2) is 9.59 Å². The van der Waals surface area contributed by atoms with Crippen LogP contribution in [0.5, 0.6) is 0 Å². The quantitative estimate of drug-likeness (QED) is 0.208. The molecule has 0 aliphatic carbocycles. The maximum atomic E-state index is 13.3. The Bertz CT molecular complexity index is 795. The average molecular weight is 534 g/mol. The molecule has 0 fully saturated rings. The number of hydrogen-bond donors (Lipinski definition) is 2. The van der Waals surface area contributed by atoms with Crippen molar-refractivity contribution in [3.05, 3.63) is 35.9 Å². The molecule has 8 heteroatoms. The highest BCUT2D eigenvalue weighted by molar-refractivity contribution is 5.86. The largest absolute Gasteiger partial charge is 0.445 e. The highest BCUT2D eigenvalue weighted by atomic mass is 16.6. The molecule has 3 amide bonds. The molecular weight excluding hydrogens is 482 g/mol. The number of unbranched alkanes of at least 4 members (excludes halogenated alkanes) is 8. The van der Waals surface area contributed by atoms with E-state index in [-0.39, 0.29) is 19.1 Å². The van der Waals surface area contributed by atoms with Gasteiger partial charge < -0.3 is 20.1 Å². The van der Waals surface area contributed by atoms with E-state index in [9.17, 15) is 14.4 Å². The standard InChI is InChI=1S/C30H51N3O5/c1-6-8-10-12-13-18-22-33(29(36)38-30(3,4)5)26(27(34)31-21-17-11-9-7-2)23-32-28(35)37-24-25-19-15-14-16-20-25/h14-16,19-20,26H,6-13,17-18,21-24H2,1-5H3,(H,31,34)(H,32,35)/t26-/m0/s1. The Labute approximate surface area is 230 Å². The first-order chi connectivity index (χ1) is 18.2. The third kappa shape index (κ3) is 15.5. The van der Waals surface area contributed by atoms with E-state index in [2.05, 4.69) is 24.5 Å². The van der Waals surface area contributed by atoms with Crippen molar-refractivity contribution in [2.24, 2.45) is 0 Å². The molecule has 0 aromatic heterocycles. The summed E-state index contributed by atoms with van der Waals surface area (Å²) in [6.07, 6.45) is 9.20. The topological polar surface area (TPSA) is 97.0 Å². The SMILES string of the molecule is CCCCCCCCN(C(=O)OC(C)(C)C)[C@@H](CNC(=O)OCc1ccccc1)C(=O)NCCCCCC. The van der Waals surface area contributed by atoms with Crippen LogP contribution in [-0.2, 0) is 20.9 Å². The summed E-state index contributed by atoms with van der Waals surface area (Å²) in [6, 6.07) is 8.47. The van der Waals surface area contributed by atoms with E-state index in [1.165, 1.54) is 11.3 Å². The molecule has 1 rings (SSSR count). The Morgan fingerprint density at radius 2 is 1.45 bits per heavy atom. The number of ether oxygens (including phenoxy) is 2. The molecule has 38 heavy (non-hydrogen) atoms. The normalized spacial score (nSPS) is 11.9. The molecule has 0 bridgehead atoms. The third-order valence-corrected chi connectivity index (χ3v) is 6.04. The Kier molecular flexibility index (Phi) is 16.9. The van der Waals surface area contributed by atoms with E-state index in [4.69, 9.17) is 9.47 Å².